The molecule has 2 heterocycles. The van der Waals surface area contributed by atoms with E-state index in [1.165, 1.54) is 0 Å². The van der Waals surface area contributed by atoms with Crippen LogP contribution in [0.3, 0.4) is 0 Å². The fourth-order valence-corrected chi connectivity index (χ4v) is 2.15. The maximum Gasteiger partial charge on any atom is 0.518 e. The zero-order valence-corrected chi connectivity index (χ0v) is 12.8. The van der Waals surface area contributed by atoms with Crippen LogP contribution in [0.5, 0.6) is 5.75 Å². The molecule has 1 aromatic rings. The molecule has 21 heavy (non-hydrogen) atoms. The maximum atomic E-state index is 9.28. The van der Waals surface area contributed by atoms with Gasteiger partial charge >= 0.3 is 7.12 Å². The van der Waals surface area contributed by atoms with E-state index < -0.39 is 18.3 Å². The Morgan fingerprint density at radius 1 is 1.29 bits per heavy atom. The number of nitrogens with zero attached hydrogens (tertiary/aromatic N) is 2. The molecule has 0 bridgehead atoms. The third kappa shape index (κ3) is 2.52. The molecule has 3 rings (SSSR count). The highest BCUT2D eigenvalue weighted by Gasteiger charge is 2.53. The van der Waals surface area contributed by atoms with Gasteiger partial charge in [-0.1, -0.05) is 0 Å². The Kier molecular flexibility index (Phi) is 3.23. The quantitative estimate of drug-likeness (QED) is 0.793. The Morgan fingerprint density at radius 3 is 2.43 bits per heavy atom. The van der Waals surface area contributed by atoms with Crippen molar-refractivity contribution in [1.29, 1.82) is 5.26 Å². The first kappa shape index (κ1) is 14.4. The molecule has 110 valence electrons. The zero-order valence-electron chi connectivity index (χ0n) is 12.8. The summed E-state index contributed by atoms with van der Waals surface area (Å²) in [5.74, 6) is 0.501. The highest BCUT2D eigenvalue weighted by Crippen LogP contribution is 2.37. The van der Waals surface area contributed by atoms with Gasteiger partial charge in [-0.15, -0.1) is 0 Å². The fourth-order valence-electron chi connectivity index (χ4n) is 2.15. The zero-order chi connectivity index (χ0) is 15.3. The minimum absolute atomic E-state index is 0.183. The van der Waals surface area contributed by atoms with Crippen LogP contribution in [0.1, 0.15) is 46.1 Å². The van der Waals surface area contributed by atoms with Gasteiger partial charge in [-0.2, -0.15) is 5.26 Å². The third-order valence-electron chi connectivity index (χ3n) is 4.34. The van der Waals surface area contributed by atoms with Gasteiger partial charge < -0.3 is 14.0 Å². The minimum atomic E-state index is -0.614. The summed E-state index contributed by atoms with van der Waals surface area (Å²) in [7, 11) is -0.614. The molecular weight excluding hydrogens is 267 g/mol. The van der Waals surface area contributed by atoms with Crippen molar-refractivity contribution >= 4 is 12.7 Å². The van der Waals surface area contributed by atoms with Crippen molar-refractivity contribution in [3.8, 4) is 11.8 Å². The predicted molar refractivity (Wildman–Crippen MR) is 78.3 cm³/mol. The molecule has 1 aromatic heterocycles. The molecule has 6 heteroatoms. The van der Waals surface area contributed by atoms with Crippen molar-refractivity contribution in [3.63, 3.8) is 0 Å². The van der Waals surface area contributed by atoms with E-state index in [2.05, 4.69) is 11.1 Å². The average molecular weight is 286 g/mol. The van der Waals surface area contributed by atoms with Crippen LogP contribution in [0.25, 0.3) is 0 Å². The first-order valence-corrected chi connectivity index (χ1v) is 7.25. The minimum Gasteiger partial charge on any atom is -0.488 e. The normalized spacial score (nSPS) is 22.9. The summed E-state index contributed by atoms with van der Waals surface area (Å²) < 4.78 is 17.9. The summed E-state index contributed by atoms with van der Waals surface area (Å²) in [4.78, 5) is 4.36. The van der Waals surface area contributed by atoms with Crippen LogP contribution in [0, 0.1) is 11.3 Å². The first-order valence-electron chi connectivity index (χ1n) is 7.25. The lowest BCUT2D eigenvalue weighted by atomic mass is 9.82. The van der Waals surface area contributed by atoms with E-state index in [4.69, 9.17) is 14.0 Å². The van der Waals surface area contributed by atoms with E-state index in [0.29, 0.717) is 16.9 Å². The molecular formula is C15H19BN2O3. The standard InChI is InChI=1S/C15H19BN2O3/c1-14(2)15(3,4)21-16(20-14)13-12(19-11-5-6-11)10(9-17)7-8-18-13/h7-8,11H,5-6H2,1-4H3. The van der Waals surface area contributed by atoms with E-state index in [-0.39, 0.29) is 6.10 Å². The Bertz CT molecular complexity index is 589. The van der Waals surface area contributed by atoms with E-state index in [1.54, 1.807) is 12.3 Å². The van der Waals surface area contributed by atoms with Crippen LogP contribution in [0.15, 0.2) is 12.3 Å². The van der Waals surface area contributed by atoms with Gasteiger partial charge in [0.25, 0.3) is 0 Å². The van der Waals surface area contributed by atoms with Gasteiger partial charge in [0, 0.05) is 6.20 Å². The summed E-state index contributed by atoms with van der Waals surface area (Å²) >= 11 is 0. The monoisotopic (exact) mass is 286 g/mol. The van der Waals surface area contributed by atoms with Crippen LogP contribution >= 0.6 is 0 Å². The molecule has 0 atom stereocenters. The van der Waals surface area contributed by atoms with E-state index in [0.717, 1.165) is 12.8 Å². The maximum absolute atomic E-state index is 9.28. The van der Waals surface area contributed by atoms with E-state index >= 15 is 0 Å². The topological polar surface area (TPSA) is 64.4 Å². The first-order chi connectivity index (χ1) is 9.84. The lowest BCUT2D eigenvalue weighted by Gasteiger charge is -2.32. The van der Waals surface area contributed by atoms with Crippen molar-refractivity contribution in [1.82, 2.24) is 4.98 Å². The van der Waals surface area contributed by atoms with E-state index in [1.807, 2.05) is 27.7 Å². The van der Waals surface area contributed by atoms with Gasteiger partial charge in [0.1, 0.15) is 11.7 Å². The SMILES string of the molecule is CC1(C)OB(c2nccc(C#N)c2OC2CC2)OC1(C)C. The van der Waals surface area contributed by atoms with Crippen LogP contribution in [0.4, 0.5) is 0 Å². The van der Waals surface area contributed by atoms with Gasteiger partial charge in [0.2, 0.25) is 0 Å². The molecule has 1 saturated heterocycles. The second kappa shape index (κ2) is 4.72. The Hall–Kier alpha value is -1.58. The number of pyridine rings is 1. The van der Waals surface area contributed by atoms with Gasteiger partial charge in [0.15, 0.2) is 5.75 Å². The molecule has 1 aliphatic heterocycles. The fraction of sp³-hybridized carbons (Fsp3) is 0.600. The number of ether oxygens (including phenoxy) is 1. The summed E-state index contributed by atoms with van der Waals surface area (Å²) in [5, 5.41) is 9.28. The molecule has 0 radical (unpaired) electrons. The highest BCUT2D eigenvalue weighted by atomic mass is 16.7. The van der Waals surface area contributed by atoms with Crippen molar-refractivity contribution < 1.29 is 14.0 Å². The predicted octanol–water partition coefficient (Wildman–Crippen LogP) is 1.79. The van der Waals surface area contributed by atoms with Crippen LogP contribution in [0.2, 0.25) is 0 Å². The molecule has 0 amide bonds. The second-order valence-corrected chi connectivity index (χ2v) is 6.59. The van der Waals surface area contributed by atoms with Crippen LogP contribution in [-0.4, -0.2) is 29.4 Å². The van der Waals surface area contributed by atoms with Gasteiger partial charge in [-0.3, -0.25) is 4.98 Å². The largest absolute Gasteiger partial charge is 0.518 e. The number of aromatic nitrogens is 1. The molecule has 2 fully saturated rings. The van der Waals surface area contributed by atoms with E-state index in [9.17, 15) is 5.26 Å². The van der Waals surface area contributed by atoms with Crippen molar-refractivity contribution in [2.75, 3.05) is 0 Å². The smallest absolute Gasteiger partial charge is 0.488 e. The summed E-state index contributed by atoms with van der Waals surface area (Å²) in [6.07, 6.45) is 3.81. The lowest BCUT2D eigenvalue weighted by molar-refractivity contribution is 0.00578. The van der Waals surface area contributed by atoms with Crippen molar-refractivity contribution in [2.45, 2.75) is 57.8 Å². The molecule has 1 saturated carbocycles. The second-order valence-electron chi connectivity index (χ2n) is 6.59. The lowest BCUT2D eigenvalue weighted by Crippen LogP contribution is -2.41. The molecule has 0 N–H and O–H groups in total. The average Bonchev–Trinajstić information content (AvgIpc) is 3.17. The van der Waals surface area contributed by atoms with Crippen molar-refractivity contribution in [2.24, 2.45) is 0 Å². The van der Waals surface area contributed by atoms with Gasteiger partial charge in [0.05, 0.1) is 22.9 Å². The number of nitriles is 1. The number of hydrogen-bond donors (Lipinski definition) is 0. The van der Waals surface area contributed by atoms with Crippen LogP contribution in [-0.2, 0) is 9.31 Å². The molecule has 0 spiro atoms. The van der Waals surface area contributed by atoms with Crippen LogP contribution < -0.4 is 10.3 Å². The summed E-state index contributed by atoms with van der Waals surface area (Å²) in [5.41, 5.74) is 0.138. The molecule has 0 aromatic carbocycles. The Balaban J connectivity index is 1.97. The number of hydrogen-bond acceptors (Lipinski definition) is 5. The summed E-state index contributed by atoms with van der Waals surface area (Å²) in [6.45, 7) is 7.95. The number of rotatable bonds is 3. The molecule has 1 aliphatic carbocycles. The molecule has 2 aliphatic rings. The third-order valence-corrected chi connectivity index (χ3v) is 4.34. The highest BCUT2D eigenvalue weighted by molar-refractivity contribution is 6.62. The van der Waals surface area contributed by atoms with Gasteiger partial charge in [-0.25, -0.2) is 0 Å². The Labute approximate surface area is 125 Å². The summed E-state index contributed by atoms with van der Waals surface area (Å²) in [6, 6.07) is 3.82. The molecule has 0 unspecified atom stereocenters. The van der Waals surface area contributed by atoms with Crippen molar-refractivity contribution in [3.05, 3.63) is 17.8 Å². The molecule has 5 nitrogen and oxygen atoms in total. The van der Waals surface area contributed by atoms with Gasteiger partial charge in [-0.05, 0) is 46.6 Å². The Morgan fingerprint density at radius 2 is 1.90 bits per heavy atom.